The van der Waals surface area contributed by atoms with Crippen LogP contribution >= 0.6 is 15.9 Å². The van der Waals surface area contributed by atoms with Crippen molar-refractivity contribution in [1.82, 2.24) is 5.32 Å². The number of imide groups is 2. The van der Waals surface area contributed by atoms with Gasteiger partial charge in [0, 0.05) is 0 Å². The van der Waals surface area contributed by atoms with Gasteiger partial charge < -0.3 is 19.9 Å². The number of benzene rings is 2. The van der Waals surface area contributed by atoms with Crippen LogP contribution in [0.4, 0.5) is 10.5 Å². The Morgan fingerprint density at radius 1 is 1.15 bits per heavy atom. The Hall–Kier alpha value is -3.86. The van der Waals surface area contributed by atoms with Crippen molar-refractivity contribution in [2.75, 3.05) is 25.2 Å². The molecule has 33 heavy (non-hydrogen) atoms. The third-order valence-electron chi connectivity index (χ3n) is 4.43. The number of carbonyl (C=O) groups is 4. The molecule has 10 nitrogen and oxygen atoms in total. The quantitative estimate of drug-likeness (QED) is 0.405. The smallest absolute Gasteiger partial charge is 0.335 e. The van der Waals surface area contributed by atoms with E-state index in [9.17, 15) is 19.2 Å². The third kappa shape index (κ3) is 5.32. The van der Waals surface area contributed by atoms with E-state index in [2.05, 4.69) is 21.2 Å². The van der Waals surface area contributed by atoms with Gasteiger partial charge in [0.25, 0.3) is 17.7 Å². The predicted molar refractivity (Wildman–Crippen MR) is 122 cm³/mol. The number of rotatable bonds is 8. The average molecular weight is 518 g/mol. The number of methoxy groups -OCH3 is 1. The monoisotopic (exact) mass is 517 g/mol. The summed E-state index contributed by atoms with van der Waals surface area (Å²) in [5.41, 5.74) is 5.56. The molecule has 3 N–H and O–H groups in total. The van der Waals surface area contributed by atoms with Gasteiger partial charge in [0.2, 0.25) is 0 Å². The Morgan fingerprint density at radius 2 is 1.85 bits per heavy atom. The van der Waals surface area contributed by atoms with Crippen molar-refractivity contribution < 1.29 is 33.4 Å². The largest absolute Gasteiger partial charge is 0.497 e. The summed E-state index contributed by atoms with van der Waals surface area (Å²) in [5, 5.41) is 2.16. The molecule has 0 aromatic heterocycles. The van der Waals surface area contributed by atoms with Crippen LogP contribution in [0.3, 0.4) is 0 Å². The van der Waals surface area contributed by atoms with Crippen molar-refractivity contribution in [3.8, 4) is 17.2 Å². The number of barbiturate groups is 1. The molecule has 1 aliphatic rings. The van der Waals surface area contributed by atoms with Gasteiger partial charge in [-0.1, -0.05) is 0 Å². The third-order valence-corrected chi connectivity index (χ3v) is 5.02. The topological polar surface area (TPSA) is 137 Å². The lowest BCUT2D eigenvalue weighted by Gasteiger charge is -2.26. The molecule has 1 aliphatic heterocycles. The number of nitrogens with zero attached hydrogens (tertiary/aromatic N) is 1. The van der Waals surface area contributed by atoms with Gasteiger partial charge in [0.15, 0.2) is 18.1 Å². The summed E-state index contributed by atoms with van der Waals surface area (Å²) in [7, 11) is 1.49. The summed E-state index contributed by atoms with van der Waals surface area (Å²) < 4.78 is 16.5. The first-order valence-corrected chi connectivity index (χ1v) is 10.5. The number of carbonyl (C=O) groups excluding carboxylic acids is 4. The Kier molecular flexibility index (Phi) is 7.34. The summed E-state index contributed by atoms with van der Waals surface area (Å²) in [6.07, 6.45) is 1.33. The highest BCUT2D eigenvalue weighted by Crippen LogP contribution is 2.38. The van der Waals surface area contributed by atoms with E-state index in [1.165, 1.54) is 31.4 Å². The van der Waals surface area contributed by atoms with Crippen molar-refractivity contribution >= 4 is 51.4 Å². The van der Waals surface area contributed by atoms with Crippen LogP contribution in [-0.4, -0.2) is 44.1 Å². The Balaban J connectivity index is 1.99. The zero-order chi connectivity index (χ0) is 24.1. The van der Waals surface area contributed by atoms with E-state index in [1.54, 1.807) is 25.1 Å². The molecule has 0 aliphatic carbocycles. The first kappa shape index (κ1) is 23.8. The molecule has 3 rings (SSSR count). The fourth-order valence-corrected chi connectivity index (χ4v) is 3.58. The number of nitrogens with two attached hydrogens (primary N) is 1. The maximum absolute atomic E-state index is 13.1. The molecule has 1 heterocycles. The van der Waals surface area contributed by atoms with Gasteiger partial charge in [-0.25, -0.2) is 9.69 Å². The number of amides is 5. The molecule has 2 aromatic carbocycles. The number of nitrogens with one attached hydrogen (secondary N) is 1. The SMILES string of the molecule is CCOc1cc(/C=C2\C(=O)NC(=O)N(c3ccc(OC)cc3)C2=O)cc(Br)c1OCC(N)=O. The minimum atomic E-state index is -0.862. The van der Waals surface area contributed by atoms with Crippen LogP contribution in [0.25, 0.3) is 6.08 Å². The summed E-state index contributed by atoms with van der Waals surface area (Å²) >= 11 is 3.34. The number of hydrogen-bond acceptors (Lipinski definition) is 7. The van der Waals surface area contributed by atoms with Crippen LogP contribution in [0, 0.1) is 0 Å². The second-order valence-electron chi connectivity index (χ2n) is 6.67. The highest BCUT2D eigenvalue weighted by atomic mass is 79.9. The van der Waals surface area contributed by atoms with Crippen molar-refractivity contribution in [2.24, 2.45) is 5.73 Å². The van der Waals surface area contributed by atoms with Crippen LogP contribution in [0.5, 0.6) is 17.2 Å². The number of ether oxygens (including phenoxy) is 3. The molecule has 0 radical (unpaired) electrons. The normalized spacial score (nSPS) is 14.8. The minimum absolute atomic E-state index is 0.243. The van der Waals surface area contributed by atoms with E-state index in [0.717, 1.165) is 4.90 Å². The van der Waals surface area contributed by atoms with Crippen LogP contribution in [0.2, 0.25) is 0 Å². The zero-order valence-corrected chi connectivity index (χ0v) is 19.3. The summed E-state index contributed by atoms with van der Waals surface area (Å²) in [6, 6.07) is 8.47. The number of anilines is 1. The van der Waals surface area contributed by atoms with Crippen molar-refractivity contribution in [3.05, 3.63) is 52.0 Å². The molecule has 11 heteroatoms. The molecule has 1 fully saturated rings. The number of hydrogen-bond donors (Lipinski definition) is 2. The van der Waals surface area contributed by atoms with Crippen LogP contribution < -0.4 is 30.2 Å². The van der Waals surface area contributed by atoms with Gasteiger partial charge in [-0.05, 0) is 70.9 Å². The lowest BCUT2D eigenvalue weighted by atomic mass is 10.1. The van der Waals surface area contributed by atoms with E-state index in [0.29, 0.717) is 22.4 Å². The molecule has 2 aromatic rings. The molecule has 1 saturated heterocycles. The van der Waals surface area contributed by atoms with E-state index in [-0.39, 0.29) is 29.4 Å². The number of urea groups is 1. The fraction of sp³-hybridized carbons (Fsp3) is 0.182. The van der Waals surface area contributed by atoms with Crippen LogP contribution in [0.15, 0.2) is 46.4 Å². The number of primary amides is 1. The molecule has 0 unspecified atom stereocenters. The van der Waals surface area contributed by atoms with Gasteiger partial charge in [-0.15, -0.1) is 0 Å². The Bertz CT molecular complexity index is 1150. The average Bonchev–Trinajstić information content (AvgIpc) is 2.76. The highest BCUT2D eigenvalue weighted by Gasteiger charge is 2.36. The minimum Gasteiger partial charge on any atom is -0.497 e. The maximum atomic E-state index is 13.1. The second-order valence-corrected chi connectivity index (χ2v) is 7.53. The van der Waals surface area contributed by atoms with Crippen molar-refractivity contribution in [2.45, 2.75) is 6.92 Å². The van der Waals surface area contributed by atoms with Gasteiger partial charge >= 0.3 is 6.03 Å². The molecule has 172 valence electrons. The molecule has 0 saturated carbocycles. The van der Waals surface area contributed by atoms with E-state index >= 15 is 0 Å². The van der Waals surface area contributed by atoms with Crippen LogP contribution in [0.1, 0.15) is 12.5 Å². The summed E-state index contributed by atoms with van der Waals surface area (Å²) in [6.45, 7) is 1.69. The lowest BCUT2D eigenvalue weighted by molar-refractivity contribution is -0.123. The Morgan fingerprint density at radius 3 is 2.45 bits per heavy atom. The number of halogens is 1. The standard InChI is InChI=1S/C22H20BrN3O7/c1-3-32-17-10-12(9-16(23)19(17)33-11-18(24)27)8-15-20(28)25-22(30)26(21(15)29)13-4-6-14(31-2)7-5-13/h4-10H,3,11H2,1-2H3,(H2,24,27)(H,25,28,30)/b15-8+. The van der Waals surface area contributed by atoms with E-state index in [4.69, 9.17) is 19.9 Å². The highest BCUT2D eigenvalue weighted by molar-refractivity contribution is 9.10. The fourth-order valence-electron chi connectivity index (χ4n) is 3.01. The summed E-state index contributed by atoms with van der Waals surface area (Å²) in [4.78, 5) is 49.8. The second kappa shape index (κ2) is 10.2. The van der Waals surface area contributed by atoms with E-state index < -0.39 is 23.8 Å². The summed E-state index contributed by atoms with van der Waals surface area (Å²) in [5.74, 6) is -1.24. The maximum Gasteiger partial charge on any atom is 0.335 e. The van der Waals surface area contributed by atoms with Gasteiger partial charge in [0.05, 0.1) is 23.9 Å². The Labute approximate surface area is 197 Å². The van der Waals surface area contributed by atoms with Gasteiger partial charge in [-0.2, -0.15) is 0 Å². The predicted octanol–water partition coefficient (Wildman–Crippen LogP) is 2.39. The van der Waals surface area contributed by atoms with E-state index in [1.807, 2.05) is 0 Å². The van der Waals surface area contributed by atoms with Crippen molar-refractivity contribution in [3.63, 3.8) is 0 Å². The molecule has 5 amide bonds. The molecular weight excluding hydrogens is 498 g/mol. The zero-order valence-electron chi connectivity index (χ0n) is 17.7. The molecule has 0 bridgehead atoms. The lowest BCUT2D eigenvalue weighted by Crippen LogP contribution is -2.54. The van der Waals surface area contributed by atoms with Gasteiger partial charge in [0.1, 0.15) is 11.3 Å². The molecular formula is C22H20BrN3O7. The first-order valence-electron chi connectivity index (χ1n) is 9.68. The van der Waals surface area contributed by atoms with Crippen LogP contribution in [-0.2, 0) is 14.4 Å². The molecule has 0 spiro atoms. The molecule has 0 atom stereocenters. The first-order chi connectivity index (χ1) is 15.7. The van der Waals surface area contributed by atoms with Gasteiger partial charge in [-0.3, -0.25) is 19.7 Å². The van der Waals surface area contributed by atoms with Crippen molar-refractivity contribution in [1.29, 1.82) is 0 Å².